The molecule has 0 aromatic carbocycles. The van der Waals surface area contributed by atoms with E-state index in [1.54, 1.807) is 0 Å². The first-order chi connectivity index (χ1) is 4.24. The second kappa shape index (κ2) is 2.71. The van der Waals surface area contributed by atoms with Crippen molar-refractivity contribution in [1.82, 2.24) is 4.90 Å². The van der Waals surface area contributed by atoms with Crippen LogP contribution in [0.25, 0.3) is 0 Å². The molecule has 0 aromatic heterocycles. The zero-order valence-corrected chi connectivity index (χ0v) is 6.57. The minimum absolute atomic E-state index is 0.324. The Bertz CT molecular complexity index is 120. The summed E-state index contributed by atoms with van der Waals surface area (Å²) in [6, 6.07) is 0. The minimum Gasteiger partial charge on any atom is -0.305 e. The van der Waals surface area contributed by atoms with Crippen LogP contribution in [0, 0.1) is 5.92 Å². The number of likely N-dealkylation sites (tertiary alicyclic amines) is 1. The van der Waals surface area contributed by atoms with Crippen molar-refractivity contribution >= 4 is 16.9 Å². The molecule has 0 radical (unpaired) electrons. The van der Waals surface area contributed by atoms with Gasteiger partial charge in [-0.05, 0) is 13.3 Å². The number of thioether (sulfide) groups is 1. The number of carbonyl (C=O) groups excluding carboxylic acids is 1. The quantitative estimate of drug-likeness (QED) is 0.534. The van der Waals surface area contributed by atoms with Crippen LogP contribution in [-0.2, 0) is 4.79 Å². The Morgan fingerprint density at radius 3 is 2.56 bits per heavy atom. The summed E-state index contributed by atoms with van der Waals surface area (Å²) in [5, 5.41) is 0.341. The molecule has 1 fully saturated rings. The van der Waals surface area contributed by atoms with Gasteiger partial charge in [0.2, 0.25) is 0 Å². The second-order valence-electron chi connectivity index (χ2n) is 2.44. The Labute approximate surface area is 59.6 Å². The fraction of sp³-hybridized carbons (Fsp3) is 0.833. The van der Waals surface area contributed by atoms with Gasteiger partial charge in [0, 0.05) is 13.1 Å². The van der Waals surface area contributed by atoms with Crippen LogP contribution in [0.2, 0.25) is 0 Å². The summed E-state index contributed by atoms with van der Waals surface area (Å²) in [5.74, 6) is 0.324. The molecule has 3 heteroatoms. The molecule has 0 aliphatic carbocycles. The van der Waals surface area contributed by atoms with Crippen molar-refractivity contribution in [3.63, 3.8) is 0 Å². The van der Waals surface area contributed by atoms with Gasteiger partial charge in [0.05, 0.1) is 5.92 Å². The third kappa shape index (κ3) is 1.46. The Balaban J connectivity index is 2.23. The molecule has 0 N–H and O–H groups in total. The number of hydrogen-bond acceptors (Lipinski definition) is 3. The molecule has 1 aliphatic heterocycles. The molecule has 9 heavy (non-hydrogen) atoms. The van der Waals surface area contributed by atoms with Crippen molar-refractivity contribution in [2.45, 2.75) is 0 Å². The van der Waals surface area contributed by atoms with E-state index in [1.165, 1.54) is 11.8 Å². The first kappa shape index (κ1) is 7.09. The molecule has 0 atom stereocenters. The summed E-state index contributed by atoms with van der Waals surface area (Å²) < 4.78 is 0. The summed E-state index contributed by atoms with van der Waals surface area (Å²) in [7, 11) is 2.03. The molecule has 0 spiro atoms. The van der Waals surface area contributed by atoms with Gasteiger partial charge in [0.25, 0.3) is 0 Å². The molecule has 0 bridgehead atoms. The standard InChI is InChI=1S/C6H11NOS/c1-7-3-5(4-7)6(8)9-2/h5H,3-4H2,1-2H3. The van der Waals surface area contributed by atoms with E-state index in [9.17, 15) is 4.79 Å². The molecular weight excluding hydrogens is 134 g/mol. The van der Waals surface area contributed by atoms with Gasteiger partial charge >= 0.3 is 0 Å². The lowest BCUT2D eigenvalue weighted by atomic mass is 10.0. The van der Waals surface area contributed by atoms with Gasteiger partial charge in [0.15, 0.2) is 5.12 Å². The highest BCUT2D eigenvalue weighted by Gasteiger charge is 2.28. The van der Waals surface area contributed by atoms with Crippen molar-refractivity contribution in [1.29, 1.82) is 0 Å². The fourth-order valence-corrected chi connectivity index (χ4v) is 1.50. The average Bonchev–Trinajstić information content (AvgIpc) is 1.79. The van der Waals surface area contributed by atoms with Crippen LogP contribution in [0.15, 0.2) is 0 Å². The number of carbonyl (C=O) groups is 1. The molecule has 1 saturated heterocycles. The largest absolute Gasteiger partial charge is 0.305 e. The Morgan fingerprint density at radius 2 is 2.22 bits per heavy atom. The van der Waals surface area contributed by atoms with Crippen LogP contribution in [0.3, 0.4) is 0 Å². The molecule has 0 aromatic rings. The molecule has 1 aliphatic rings. The van der Waals surface area contributed by atoms with Gasteiger partial charge in [-0.3, -0.25) is 4.79 Å². The minimum atomic E-state index is 0.324. The molecule has 0 unspecified atom stereocenters. The first-order valence-electron chi connectivity index (χ1n) is 3.00. The predicted octanol–water partition coefficient (Wildman–Crippen LogP) is 0.438. The Kier molecular flexibility index (Phi) is 2.13. The Hall–Kier alpha value is -0.0200. The van der Waals surface area contributed by atoms with E-state index in [1.807, 2.05) is 13.3 Å². The molecular formula is C6H11NOS. The lowest BCUT2D eigenvalue weighted by molar-refractivity contribution is -0.118. The zero-order chi connectivity index (χ0) is 6.85. The van der Waals surface area contributed by atoms with Gasteiger partial charge in [-0.15, -0.1) is 0 Å². The summed E-state index contributed by atoms with van der Waals surface area (Å²) in [6.07, 6.45) is 1.85. The second-order valence-corrected chi connectivity index (χ2v) is 3.25. The molecule has 52 valence electrons. The zero-order valence-electron chi connectivity index (χ0n) is 5.76. The molecule has 0 saturated carbocycles. The van der Waals surface area contributed by atoms with Crippen LogP contribution in [0.4, 0.5) is 0 Å². The third-order valence-electron chi connectivity index (χ3n) is 1.60. The van der Waals surface area contributed by atoms with Crippen molar-refractivity contribution in [3.05, 3.63) is 0 Å². The summed E-state index contributed by atoms with van der Waals surface area (Å²) in [6.45, 7) is 1.92. The Morgan fingerprint density at radius 1 is 1.67 bits per heavy atom. The molecule has 1 rings (SSSR count). The molecule has 1 heterocycles. The van der Waals surface area contributed by atoms with Crippen molar-refractivity contribution in [2.24, 2.45) is 5.92 Å². The molecule has 0 amide bonds. The highest BCUT2D eigenvalue weighted by Crippen LogP contribution is 2.18. The first-order valence-corrected chi connectivity index (χ1v) is 4.23. The summed E-state index contributed by atoms with van der Waals surface area (Å²) in [4.78, 5) is 13.0. The number of rotatable bonds is 1. The maximum Gasteiger partial charge on any atom is 0.194 e. The van der Waals surface area contributed by atoms with E-state index in [0.717, 1.165) is 13.1 Å². The van der Waals surface area contributed by atoms with Crippen molar-refractivity contribution in [2.75, 3.05) is 26.4 Å². The number of hydrogen-bond donors (Lipinski definition) is 0. The van der Waals surface area contributed by atoms with Crippen LogP contribution < -0.4 is 0 Å². The van der Waals surface area contributed by atoms with E-state index in [4.69, 9.17) is 0 Å². The predicted molar refractivity (Wildman–Crippen MR) is 39.5 cm³/mol. The lowest BCUT2D eigenvalue weighted by Gasteiger charge is -2.34. The van der Waals surface area contributed by atoms with Gasteiger partial charge in [-0.25, -0.2) is 0 Å². The van der Waals surface area contributed by atoms with Crippen LogP contribution >= 0.6 is 11.8 Å². The van der Waals surface area contributed by atoms with E-state index >= 15 is 0 Å². The lowest BCUT2D eigenvalue weighted by Crippen LogP contribution is -2.46. The maximum atomic E-state index is 10.9. The highest BCUT2D eigenvalue weighted by molar-refractivity contribution is 8.13. The van der Waals surface area contributed by atoms with Crippen LogP contribution in [0.1, 0.15) is 0 Å². The summed E-state index contributed by atoms with van der Waals surface area (Å²) >= 11 is 1.35. The monoisotopic (exact) mass is 145 g/mol. The third-order valence-corrected chi connectivity index (χ3v) is 2.33. The van der Waals surface area contributed by atoms with Crippen molar-refractivity contribution < 1.29 is 4.79 Å². The smallest absolute Gasteiger partial charge is 0.194 e. The highest BCUT2D eigenvalue weighted by atomic mass is 32.2. The normalized spacial score (nSPS) is 21.6. The van der Waals surface area contributed by atoms with E-state index < -0.39 is 0 Å². The topological polar surface area (TPSA) is 20.3 Å². The SMILES string of the molecule is CSC(=O)C1CN(C)C1. The van der Waals surface area contributed by atoms with Gasteiger partial charge in [-0.2, -0.15) is 0 Å². The van der Waals surface area contributed by atoms with Gasteiger partial charge in [-0.1, -0.05) is 11.8 Å². The summed E-state index contributed by atoms with van der Waals surface area (Å²) in [5.41, 5.74) is 0. The van der Waals surface area contributed by atoms with Gasteiger partial charge in [0.1, 0.15) is 0 Å². The fourth-order valence-electron chi connectivity index (χ4n) is 1.01. The maximum absolute atomic E-state index is 10.9. The van der Waals surface area contributed by atoms with Crippen molar-refractivity contribution in [3.8, 4) is 0 Å². The number of nitrogens with zero attached hydrogens (tertiary/aromatic N) is 1. The van der Waals surface area contributed by atoms with Crippen LogP contribution in [0.5, 0.6) is 0 Å². The van der Waals surface area contributed by atoms with E-state index in [2.05, 4.69) is 4.90 Å². The molecule has 2 nitrogen and oxygen atoms in total. The average molecular weight is 145 g/mol. The van der Waals surface area contributed by atoms with Crippen LogP contribution in [-0.4, -0.2) is 36.4 Å². The van der Waals surface area contributed by atoms with E-state index in [0.29, 0.717) is 11.0 Å². The van der Waals surface area contributed by atoms with E-state index in [-0.39, 0.29) is 0 Å². The van der Waals surface area contributed by atoms with Gasteiger partial charge < -0.3 is 4.90 Å².